The molecular formula is C23H30ClN5O3. The Kier molecular flexibility index (Phi) is 7.93. The van der Waals surface area contributed by atoms with Crippen LogP contribution in [0.15, 0.2) is 47.7 Å². The molecule has 1 aromatic heterocycles. The fourth-order valence-corrected chi connectivity index (χ4v) is 3.75. The number of rotatable bonds is 8. The molecule has 1 aliphatic heterocycles. The van der Waals surface area contributed by atoms with Crippen molar-refractivity contribution in [1.82, 2.24) is 19.8 Å². The highest BCUT2D eigenvalue weighted by atomic mass is 35.5. The number of carbonyl (C=O) groups is 2. The van der Waals surface area contributed by atoms with Gasteiger partial charge >= 0.3 is 6.03 Å². The lowest BCUT2D eigenvalue weighted by Gasteiger charge is -2.27. The molecule has 0 saturated heterocycles. The zero-order valence-corrected chi connectivity index (χ0v) is 19.7. The van der Waals surface area contributed by atoms with Gasteiger partial charge in [0.2, 0.25) is 0 Å². The highest BCUT2D eigenvalue weighted by molar-refractivity contribution is 6.30. The number of aryl methyl sites for hydroxylation is 1. The molecule has 2 aromatic rings. The summed E-state index contributed by atoms with van der Waals surface area (Å²) < 4.78 is 7.10. The zero-order chi connectivity index (χ0) is 23.3. The van der Waals surface area contributed by atoms with Crippen LogP contribution < -0.4 is 5.32 Å². The van der Waals surface area contributed by atoms with E-state index in [1.165, 1.54) is 9.91 Å². The first-order chi connectivity index (χ1) is 15.3. The molecule has 0 aliphatic carbocycles. The fraction of sp³-hybridized carbons (Fsp3) is 0.435. The van der Waals surface area contributed by atoms with Gasteiger partial charge in [-0.25, -0.2) is 9.80 Å². The quantitative estimate of drug-likeness (QED) is 0.656. The van der Waals surface area contributed by atoms with Gasteiger partial charge in [-0.05, 0) is 43.7 Å². The molecule has 172 valence electrons. The van der Waals surface area contributed by atoms with Crippen LogP contribution >= 0.6 is 11.6 Å². The van der Waals surface area contributed by atoms with Crippen molar-refractivity contribution in [3.8, 4) is 0 Å². The summed E-state index contributed by atoms with van der Waals surface area (Å²) in [6.07, 6.45) is 2.52. The molecule has 1 unspecified atom stereocenters. The minimum Gasteiger partial charge on any atom is -0.383 e. The molecule has 1 N–H and O–H groups in total. The van der Waals surface area contributed by atoms with E-state index in [0.717, 1.165) is 17.0 Å². The van der Waals surface area contributed by atoms with Gasteiger partial charge in [0.25, 0.3) is 5.91 Å². The predicted molar refractivity (Wildman–Crippen MR) is 125 cm³/mol. The lowest BCUT2D eigenvalue weighted by molar-refractivity contribution is -0.133. The third-order valence-electron chi connectivity index (χ3n) is 5.25. The van der Waals surface area contributed by atoms with Gasteiger partial charge in [-0.2, -0.15) is 5.10 Å². The Bertz CT molecular complexity index is 970. The Balaban J connectivity index is 1.87. The van der Waals surface area contributed by atoms with Crippen molar-refractivity contribution < 1.29 is 14.3 Å². The van der Waals surface area contributed by atoms with E-state index in [9.17, 15) is 9.59 Å². The summed E-state index contributed by atoms with van der Waals surface area (Å²) in [5.74, 6) is -0.260. The number of carbonyl (C=O) groups excluding carboxylic acids is 2. The maximum absolute atomic E-state index is 13.4. The molecule has 9 heteroatoms. The Labute approximate surface area is 193 Å². The van der Waals surface area contributed by atoms with Crippen molar-refractivity contribution in [3.63, 3.8) is 0 Å². The van der Waals surface area contributed by atoms with E-state index >= 15 is 0 Å². The molecule has 1 aromatic carbocycles. The van der Waals surface area contributed by atoms with E-state index in [2.05, 4.69) is 10.4 Å². The SMILES string of the molecule is COCCN(CC(=O)N1N=C(c2cccn2C)CC1c1ccc(Cl)cc1)C(=O)NC(C)C. The number of amides is 3. The average Bonchev–Trinajstić information content (AvgIpc) is 3.37. The van der Waals surface area contributed by atoms with E-state index < -0.39 is 0 Å². The molecule has 0 saturated carbocycles. The summed E-state index contributed by atoms with van der Waals surface area (Å²) in [5.41, 5.74) is 2.71. The molecule has 0 spiro atoms. The molecule has 8 nitrogen and oxygen atoms in total. The maximum Gasteiger partial charge on any atom is 0.318 e. The lowest BCUT2D eigenvalue weighted by Crippen LogP contribution is -2.48. The third kappa shape index (κ3) is 5.69. The van der Waals surface area contributed by atoms with Crippen LogP contribution in [0, 0.1) is 0 Å². The van der Waals surface area contributed by atoms with Crippen molar-refractivity contribution in [1.29, 1.82) is 0 Å². The molecule has 32 heavy (non-hydrogen) atoms. The fourth-order valence-electron chi connectivity index (χ4n) is 3.63. The maximum atomic E-state index is 13.4. The number of urea groups is 1. The van der Waals surface area contributed by atoms with Gasteiger partial charge in [0.05, 0.1) is 24.1 Å². The van der Waals surface area contributed by atoms with Crippen LogP contribution in [0.4, 0.5) is 4.79 Å². The normalized spacial score (nSPS) is 15.8. The Morgan fingerprint density at radius 2 is 2.00 bits per heavy atom. The molecule has 0 radical (unpaired) electrons. The van der Waals surface area contributed by atoms with Gasteiger partial charge < -0.3 is 19.5 Å². The average molecular weight is 460 g/mol. The summed E-state index contributed by atoms with van der Waals surface area (Å²) in [6.45, 7) is 4.28. The number of halogens is 1. The highest BCUT2D eigenvalue weighted by Gasteiger charge is 2.35. The standard InChI is InChI=1S/C23H30ClN5O3/c1-16(2)25-23(31)28(12-13-32-4)15-22(30)29-21(17-7-9-18(24)10-8-17)14-19(26-29)20-6-5-11-27(20)3/h5-11,16,21H,12-15H2,1-4H3,(H,25,31). The highest BCUT2D eigenvalue weighted by Crippen LogP contribution is 2.33. The van der Waals surface area contributed by atoms with E-state index in [0.29, 0.717) is 24.6 Å². The van der Waals surface area contributed by atoms with E-state index in [1.807, 2.05) is 55.9 Å². The van der Waals surface area contributed by atoms with Crippen molar-refractivity contribution >= 4 is 29.3 Å². The smallest absolute Gasteiger partial charge is 0.318 e. The van der Waals surface area contributed by atoms with Crippen LogP contribution in [0.1, 0.15) is 37.6 Å². The van der Waals surface area contributed by atoms with Crippen molar-refractivity contribution in [2.75, 3.05) is 26.8 Å². The van der Waals surface area contributed by atoms with Crippen LogP contribution in [0.5, 0.6) is 0 Å². The topological polar surface area (TPSA) is 79.2 Å². The first-order valence-corrected chi connectivity index (χ1v) is 11.0. The number of nitrogens with one attached hydrogen (secondary N) is 1. The molecule has 0 fully saturated rings. The molecule has 2 heterocycles. The van der Waals surface area contributed by atoms with E-state index in [-0.39, 0.29) is 30.6 Å². The van der Waals surface area contributed by atoms with E-state index in [1.54, 1.807) is 19.2 Å². The summed E-state index contributed by atoms with van der Waals surface area (Å²) >= 11 is 6.07. The lowest BCUT2D eigenvalue weighted by atomic mass is 10.0. The number of methoxy groups -OCH3 is 1. The van der Waals surface area contributed by atoms with Gasteiger partial charge in [0, 0.05) is 44.4 Å². The van der Waals surface area contributed by atoms with Crippen LogP contribution in [0.2, 0.25) is 5.02 Å². The van der Waals surface area contributed by atoms with Crippen molar-refractivity contribution in [2.24, 2.45) is 12.1 Å². The van der Waals surface area contributed by atoms with Crippen LogP contribution in [-0.4, -0.2) is 65.0 Å². The Hall–Kier alpha value is -2.84. The number of hydrazone groups is 1. The molecule has 0 bridgehead atoms. The molecule has 1 aliphatic rings. The van der Waals surface area contributed by atoms with Gasteiger partial charge in [0.1, 0.15) is 6.54 Å². The number of hydrogen-bond donors (Lipinski definition) is 1. The summed E-state index contributed by atoms with van der Waals surface area (Å²) in [5, 5.41) is 9.65. The monoisotopic (exact) mass is 459 g/mol. The van der Waals surface area contributed by atoms with Gasteiger partial charge in [-0.15, -0.1) is 0 Å². The number of aromatic nitrogens is 1. The van der Waals surface area contributed by atoms with Crippen LogP contribution in [0.3, 0.4) is 0 Å². The Morgan fingerprint density at radius 1 is 1.28 bits per heavy atom. The zero-order valence-electron chi connectivity index (χ0n) is 18.9. The minimum atomic E-state index is -0.306. The summed E-state index contributed by atoms with van der Waals surface area (Å²) in [4.78, 5) is 27.5. The predicted octanol–water partition coefficient (Wildman–Crippen LogP) is 3.42. The Morgan fingerprint density at radius 3 is 2.59 bits per heavy atom. The molecule has 1 atom stereocenters. The second kappa shape index (κ2) is 10.7. The van der Waals surface area contributed by atoms with Crippen molar-refractivity contribution in [3.05, 3.63) is 58.9 Å². The van der Waals surface area contributed by atoms with Gasteiger partial charge in [0.15, 0.2) is 0 Å². The number of hydrogen-bond acceptors (Lipinski definition) is 4. The minimum absolute atomic E-state index is 0.0433. The van der Waals surface area contributed by atoms with Crippen LogP contribution in [-0.2, 0) is 16.6 Å². The van der Waals surface area contributed by atoms with Gasteiger partial charge in [-0.3, -0.25) is 4.79 Å². The number of nitrogens with zero attached hydrogens (tertiary/aromatic N) is 4. The summed E-state index contributed by atoms with van der Waals surface area (Å²) in [6, 6.07) is 10.7. The largest absolute Gasteiger partial charge is 0.383 e. The molecular weight excluding hydrogens is 430 g/mol. The first kappa shape index (κ1) is 23.8. The summed E-state index contributed by atoms with van der Waals surface area (Å²) in [7, 11) is 3.51. The molecule has 3 amide bonds. The van der Waals surface area contributed by atoms with Crippen LogP contribution in [0.25, 0.3) is 0 Å². The number of benzene rings is 1. The molecule has 3 rings (SSSR count). The second-order valence-electron chi connectivity index (χ2n) is 8.08. The van der Waals surface area contributed by atoms with E-state index in [4.69, 9.17) is 16.3 Å². The second-order valence-corrected chi connectivity index (χ2v) is 8.52. The first-order valence-electron chi connectivity index (χ1n) is 10.6. The number of ether oxygens (including phenoxy) is 1. The van der Waals surface area contributed by atoms with Gasteiger partial charge in [-0.1, -0.05) is 23.7 Å². The third-order valence-corrected chi connectivity index (χ3v) is 5.50. The van der Waals surface area contributed by atoms with Crippen molar-refractivity contribution in [2.45, 2.75) is 32.4 Å².